The Balaban J connectivity index is 2.10. The maximum atomic E-state index is 14.1. The van der Waals surface area contributed by atoms with Crippen LogP contribution >= 0.6 is 11.6 Å². The first kappa shape index (κ1) is 18.8. The van der Waals surface area contributed by atoms with Crippen molar-refractivity contribution in [3.05, 3.63) is 35.9 Å². The van der Waals surface area contributed by atoms with Crippen LogP contribution in [0.2, 0.25) is 0 Å². The van der Waals surface area contributed by atoms with Gasteiger partial charge in [-0.15, -0.1) is 0 Å². The second-order valence-electron chi connectivity index (χ2n) is 6.42. The number of halogens is 2. The van der Waals surface area contributed by atoms with Gasteiger partial charge < -0.3 is 5.11 Å². The number of alkyl halides is 1. The van der Waals surface area contributed by atoms with E-state index in [0.717, 1.165) is 22.6 Å². The van der Waals surface area contributed by atoms with Crippen LogP contribution in [0.25, 0.3) is 0 Å². The van der Waals surface area contributed by atoms with Crippen molar-refractivity contribution in [2.24, 2.45) is 4.99 Å². The van der Waals surface area contributed by atoms with E-state index < -0.39 is 18.4 Å². The lowest BCUT2D eigenvalue weighted by Gasteiger charge is -2.28. The molecule has 2 aliphatic heterocycles. The number of aromatic nitrogens is 1. The van der Waals surface area contributed by atoms with E-state index in [2.05, 4.69) is 16.6 Å². The van der Waals surface area contributed by atoms with Gasteiger partial charge in [0.15, 0.2) is 6.30 Å². The van der Waals surface area contributed by atoms with Gasteiger partial charge in [-0.2, -0.15) is 0 Å². The predicted molar refractivity (Wildman–Crippen MR) is 99.1 cm³/mol. The fraction of sp³-hybridized carbons (Fsp3) is 0.500. The lowest BCUT2D eigenvalue weighted by molar-refractivity contribution is 0.226. The highest BCUT2D eigenvalue weighted by molar-refractivity contribution is 6.65. The molecule has 1 aromatic heterocycles. The summed E-state index contributed by atoms with van der Waals surface area (Å²) in [4.78, 5) is 24.1. The number of carbonyl (C=O) groups is 1. The van der Waals surface area contributed by atoms with Gasteiger partial charge in [0.25, 0.3) is 0 Å². The SMILES string of the molecule is C=C1/N=C(/Cl)CC2[C@H](F)N2C(=O)N1c1c(CCCO)ccnc1CCC. The number of rotatable bonds is 6. The van der Waals surface area contributed by atoms with E-state index in [0.29, 0.717) is 24.9 Å². The summed E-state index contributed by atoms with van der Waals surface area (Å²) in [6.07, 6.45) is 3.09. The minimum absolute atomic E-state index is 0.0322. The van der Waals surface area contributed by atoms with E-state index in [1.807, 2.05) is 6.92 Å². The molecule has 3 heterocycles. The highest BCUT2D eigenvalue weighted by Crippen LogP contribution is 2.40. The van der Waals surface area contributed by atoms with Crippen LogP contribution < -0.4 is 4.90 Å². The van der Waals surface area contributed by atoms with E-state index in [9.17, 15) is 14.3 Å². The Morgan fingerprint density at radius 1 is 1.46 bits per heavy atom. The molecule has 0 aliphatic carbocycles. The summed E-state index contributed by atoms with van der Waals surface area (Å²) in [5.41, 5.74) is 2.14. The summed E-state index contributed by atoms with van der Waals surface area (Å²) < 4.78 is 14.1. The standard InChI is InChI=1S/C18H22ClFN4O2/c1-3-5-13-16(12(6-4-9-25)7-8-21-13)23-11(2)22-15(19)10-14-17(20)24(14)18(23)26/h7-8,14,17,25H,2-6,9-10H2,1H3/b22-15+/t14?,17-,24?/m1/s1. The number of nitrogens with zero attached hydrogens (tertiary/aromatic N) is 4. The van der Waals surface area contributed by atoms with Crippen LogP contribution in [-0.2, 0) is 12.8 Å². The maximum Gasteiger partial charge on any atom is 0.333 e. The van der Waals surface area contributed by atoms with Crippen molar-refractivity contribution in [2.45, 2.75) is 51.4 Å². The fourth-order valence-electron chi connectivity index (χ4n) is 3.26. The van der Waals surface area contributed by atoms with Gasteiger partial charge in [0, 0.05) is 19.2 Å². The third-order valence-corrected chi connectivity index (χ3v) is 4.79. The van der Waals surface area contributed by atoms with E-state index in [4.69, 9.17) is 11.6 Å². The number of aliphatic hydroxyl groups excluding tert-OH is 1. The van der Waals surface area contributed by atoms with Crippen molar-refractivity contribution in [1.82, 2.24) is 9.88 Å². The molecule has 1 fully saturated rings. The average molecular weight is 381 g/mol. The molecular weight excluding hydrogens is 359 g/mol. The van der Waals surface area contributed by atoms with Gasteiger partial charge in [-0.25, -0.2) is 19.1 Å². The largest absolute Gasteiger partial charge is 0.396 e. The number of hydrogen-bond donors (Lipinski definition) is 1. The van der Waals surface area contributed by atoms with Crippen molar-refractivity contribution in [2.75, 3.05) is 11.5 Å². The molecule has 1 aromatic rings. The zero-order chi connectivity index (χ0) is 18.8. The van der Waals surface area contributed by atoms with Crippen LogP contribution in [-0.4, -0.2) is 45.1 Å². The van der Waals surface area contributed by atoms with Crippen LogP contribution in [0, 0.1) is 0 Å². The summed E-state index contributed by atoms with van der Waals surface area (Å²) in [6.45, 7) is 5.93. The van der Waals surface area contributed by atoms with E-state index in [1.54, 1.807) is 12.3 Å². The summed E-state index contributed by atoms with van der Waals surface area (Å²) >= 11 is 6.11. The first-order valence-electron chi connectivity index (χ1n) is 8.75. The second-order valence-corrected chi connectivity index (χ2v) is 6.85. The Kier molecular flexibility index (Phi) is 5.58. The number of fused-ring (bicyclic) bond motifs is 1. The number of aliphatic imine (C=N–C) groups is 1. The molecule has 0 spiro atoms. The number of aryl methyl sites for hydroxylation is 2. The number of carbonyl (C=O) groups excluding carboxylic acids is 1. The van der Waals surface area contributed by atoms with Crippen LogP contribution in [0.3, 0.4) is 0 Å². The maximum absolute atomic E-state index is 14.1. The minimum atomic E-state index is -1.37. The van der Waals surface area contributed by atoms with E-state index in [-0.39, 0.29) is 24.0 Å². The topological polar surface area (TPSA) is 68.8 Å². The number of hydrogen-bond acceptors (Lipinski definition) is 4. The molecule has 0 aromatic carbocycles. The van der Waals surface area contributed by atoms with Gasteiger partial charge in [0.05, 0.1) is 17.4 Å². The molecule has 2 atom stereocenters. The van der Waals surface area contributed by atoms with Crippen molar-refractivity contribution in [3.63, 3.8) is 0 Å². The van der Waals surface area contributed by atoms with Gasteiger partial charge in [-0.05, 0) is 30.9 Å². The molecule has 8 heteroatoms. The Bertz CT molecular complexity index is 755. The van der Waals surface area contributed by atoms with Crippen molar-refractivity contribution in [1.29, 1.82) is 0 Å². The van der Waals surface area contributed by atoms with Crippen LogP contribution in [0.5, 0.6) is 0 Å². The summed E-state index contributed by atoms with van der Waals surface area (Å²) in [5.74, 6) is 0.146. The highest BCUT2D eigenvalue weighted by Gasteiger charge is 2.55. The molecule has 0 radical (unpaired) electrons. The normalized spacial score (nSPS) is 24.7. The first-order valence-corrected chi connectivity index (χ1v) is 9.13. The zero-order valence-corrected chi connectivity index (χ0v) is 15.4. The van der Waals surface area contributed by atoms with Gasteiger partial charge in [0.2, 0.25) is 0 Å². The molecule has 6 nitrogen and oxygen atoms in total. The van der Waals surface area contributed by atoms with E-state index in [1.165, 1.54) is 4.90 Å². The lowest BCUT2D eigenvalue weighted by Crippen LogP contribution is -2.37. The van der Waals surface area contributed by atoms with Crippen molar-refractivity contribution in [3.8, 4) is 0 Å². The summed E-state index contributed by atoms with van der Waals surface area (Å²) in [5, 5.41) is 9.42. The molecule has 3 rings (SSSR count). The van der Waals surface area contributed by atoms with Crippen molar-refractivity contribution < 1.29 is 14.3 Å². The van der Waals surface area contributed by atoms with Crippen molar-refractivity contribution >= 4 is 28.5 Å². The van der Waals surface area contributed by atoms with Crippen LogP contribution in [0.15, 0.2) is 29.7 Å². The molecular formula is C18H22ClFN4O2. The second kappa shape index (κ2) is 7.72. The number of urea groups is 1. The van der Waals surface area contributed by atoms with Gasteiger partial charge >= 0.3 is 6.03 Å². The first-order chi connectivity index (χ1) is 12.5. The number of aliphatic hydroxyl groups is 1. The number of pyridine rings is 1. The summed E-state index contributed by atoms with van der Waals surface area (Å²) in [6, 6.07) is 0.721. The van der Waals surface area contributed by atoms with Gasteiger partial charge in [-0.1, -0.05) is 31.5 Å². The monoisotopic (exact) mass is 380 g/mol. The van der Waals surface area contributed by atoms with Gasteiger partial charge in [0.1, 0.15) is 11.0 Å². The molecule has 0 saturated carbocycles. The molecule has 1 saturated heterocycles. The third-order valence-electron chi connectivity index (χ3n) is 4.55. The Hall–Kier alpha value is -1.99. The van der Waals surface area contributed by atoms with E-state index >= 15 is 0 Å². The van der Waals surface area contributed by atoms with Crippen LogP contribution in [0.4, 0.5) is 14.9 Å². The number of anilines is 1. The molecule has 1 unspecified atom stereocenters. The molecule has 0 bridgehead atoms. The lowest BCUT2D eigenvalue weighted by atomic mass is 10.0. The Labute approximate surface area is 157 Å². The van der Waals surface area contributed by atoms with Gasteiger partial charge in [-0.3, -0.25) is 9.88 Å². The molecule has 1 N–H and O–H groups in total. The summed E-state index contributed by atoms with van der Waals surface area (Å²) in [7, 11) is 0. The smallest absolute Gasteiger partial charge is 0.333 e. The molecule has 140 valence electrons. The highest BCUT2D eigenvalue weighted by atomic mass is 35.5. The fourth-order valence-corrected chi connectivity index (χ4v) is 3.51. The molecule has 26 heavy (non-hydrogen) atoms. The molecule has 2 amide bonds. The Morgan fingerprint density at radius 2 is 2.23 bits per heavy atom. The zero-order valence-electron chi connectivity index (χ0n) is 14.7. The third kappa shape index (κ3) is 3.46. The minimum Gasteiger partial charge on any atom is -0.396 e. The Morgan fingerprint density at radius 3 is 2.92 bits per heavy atom. The number of amides is 2. The quantitative estimate of drug-likeness (QED) is 0.607. The predicted octanol–water partition coefficient (Wildman–Crippen LogP) is 3.38. The molecule has 2 aliphatic rings. The average Bonchev–Trinajstić information content (AvgIpc) is 3.22. The van der Waals surface area contributed by atoms with Crippen LogP contribution in [0.1, 0.15) is 37.4 Å².